The number of ether oxygens (including phenoxy) is 1. The zero-order valence-electron chi connectivity index (χ0n) is 16.4. The molecule has 3 aromatic rings. The number of nitrogens with zero attached hydrogens (tertiary/aromatic N) is 3. The number of aromatic nitrogens is 1. The highest BCUT2D eigenvalue weighted by atomic mass is 32.1. The molecule has 0 aliphatic carbocycles. The number of carbonyl (C=O) groups is 2. The summed E-state index contributed by atoms with van der Waals surface area (Å²) in [6.07, 6.45) is 0. The molecule has 2 amide bonds. The van der Waals surface area contributed by atoms with Gasteiger partial charge in [0.15, 0.2) is 0 Å². The number of nitrogens with two attached hydrogens (primary N) is 1. The number of fused-ring (bicyclic) bond motifs is 1. The minimum atomic E-state index is -0.886. The lowest BCUT2D eigenvalue weighted by atomic mass is 9.96. The number of rotatable bonds is 3. The van der Waals surface area contributed by atoms with Gasteiger partial charge in [-0.2, -0.15) is 0 Å². The molecule has 30 heavy (non-hydrogen) atoms. The molecule has 2 N–H and O–H groups in total. The SMILES string of the molecule is NC1(C(=O)N2CCN(C(=O)c3ccc(-c4nc5ccccc5s4)cc3)CC2)COC1. The lowest BCUT2D eigenvalue weighted by molar-refractivity contribution is -0.155. The largest absolute Gasteiger partial charge is 0.376 e. The molecule has 2 aliphatic heterocycles. The van der Waals surface area contributed by atoms with E-state index in [9.17, 15) is 9.59 Å². The zero-order valence-corrected chi connectivity index (χ0v) is 17.2. The third-order valence-corrected chi connectivity index (χ3v) is 6.76. The van der Waals surface area contributed by atoms with Gasteiger partial charge in [-0.15, -0.1) is 11.3 Å². The smallest absolute Gasteiger partial charge is 0.253 e. The molecule has 8 heteroatoms. The maximum atomic E-state index is 12.9. The fraction of sp³-hybridized carbons (Fsp3) is 0.318. The summed E-state index contributed by atoms with van der Waals surface area (Å²) in [4.78, 5) is 33.6. The van der Waals surface area contributed by atoms with E-state index in [0.29, 0.717) is 31.7 Å². The maximum absolute atomic E-state index is 12.9. The standard InChI is InChI=1S/C22H22N4O3S/c23-22(13-29-14-22)21(28)26-11-9-25(10-12-26)20(27)16-7-5-15(6-8-16)19-24-17-3-1-2-4-18(17)30-19/h1-8H,9-14,23H2. The first-order valence-corrected chi connectivity index (χ1v) is 10.8. The van der Waals surface area contributed by atoms with Crippen molar-refractivity contribution in [1.82, 2.24) is 14.8 Å². The molecule has 154 valence electrons. The molecule has 0 radical (unpaired) electrons. The molecule has 3 heterocycles. The van der Waals surface area contributed by atoms with Gasteiger partial charge in [0.1, 0.15) is 10.5 Å². The van der Waals surface area contributed by atoms with Crippen molar-refractivity contribution in [3.63, 3.8) is 0 Å². The van der Waals surface area contributed by atoms with Crippen molar-refractivity contribution in [2.24, 2.45) is 5.73 Å². The molecule has 0 atom stereocenters. The third-order valence-electron chi connectivity index (χ3n) is 5.67. The van der Waals surface area contributed by atoms with Gasteiger partial charge in [0, 0.05) is 37.3 Å². The number of para-hydroxylation sites is 1. The minimum Gasteiger partial charge on any atom is -0.376 e. The van der Waals surface area contributed by atoms with Crippen LogP contribution in [0, 0.1) is 0 Å². The molecule has 0 unspecified atom stereocenters. The van der Waals surface area contributed by atoms with E-state index in [1.807, 2.05) is 42.5 Å². The van der Waals surface area contributed by atoms with Crippen LogP contribution in [0.3, 0.4) is 0 Å². The zero-order chi connectivity index (χ0) is 20.7. The van der Waals surface area contributed by atoms with E-state index < -0.39 is 5.54 Å². The average Bonchev–Trinajstić information content (AvgIpc) is 3.21. The molecule has 2 saturated heterocycles. The molecule has 5 rings (SSSR count). The van der Waals surface area contributed by atoms with E-state index in [1.54, 1.807) is 21.1 Å². The molecule has 2 fully saturated rings. The topological polar surface area (TPSA) is 88.8 Å². The van der Waals surface area contributed by atoms with E-state index in [-0.39, 0.29) is 25.0 Å². The average molecular weight is 423 g/mol. The Bertz CT molecular complexity index is 1070. The van der Waals surface area contributed by atoms with Gasteiger partial charge in [0.2, 0.25) is 5.91 Å². The Morgan fingerprint density at radius 1 is 0.967 bits per heavy atom. The van der Waals surface area contributed by atoms with Crippen LogP contribution in [0.5, 0.6) is 0 Å². The van der Waals surface area contributed by atoms with E-state index >= 15 is 0 Å². The normalized spacial score (nSPS) is 18.3. The van der Waals surface area contributed by atoms with Crippen LogP contribution in [-0.2, 0) is 9.53 Å². The van der Waals surface area contributed by atoms with Crippen LogP contribution in [0.4, 0.5) is 0 Å². The fourth-order valence-corrected chi connectivity index (χ4v) is 4.78. The second kappa shape index (κ2) is 7.46. The van der Waals surface area contributed by atoms with Gasteiger partial charge in [-0.25, -0.2) is 4.98 Å². The summed E-state index contributed by atoms with van der Waals surface area (Å²) in [5.74, 6) is -0.103. The molecule has 0 saturated carbocycles. The summed E-state index contributed by atoms with van der Waals surface area (Å²) in [7, 11) is 0. The second-order valence-corrected chi connectivity index (χ2v) is 8.83. The Hall–Kier alpha value is -2.81. The van der Waals surface area contributed by atoms with E-state index in [0.717, 1.165) is 20.8 Å². The van der Waals surface area contributed by atoms with Crippen LogP contribution in [0.2, 0.25) is 0 Å². The molecule has 0 spiro atoms. The Kier molecular flexibility index (Phi) is 4.77. The van der Waals surface area contributed by atoms with Crippen LogP contribution in [-0.4, -0.2) is 71.5 Å². The number of carbonyl (C=O) groups excluding carboxylic acids is 2. The van der Waals surface area contributed by atoms with Gasteiger partial charge in [-0.3, -0.25) is 9.59 Å². The first kappa shape index (κ1) is 19.2. The predicted molar refractivity (Wildman–Crippen MR) is 115 cm³/mol. The highest BCUT2D eigenvalue weighted by molar-refractivity contribution is 7.21. The van der Waals surface area contributed by atoms with Gasteiger partial charge in [-0.05, 0) is 24.3 Å². The quantitative estimate of drug-likeness (QED) is 0.697. The van der Waals surface area contributed by atoms with Gasteiger partial charge >= 0.3 is 0 Å². The van der Waals surface area contributed by atoms with Crippen LogP contribution < -0.4 is 5.73 Å². The van der Waals surface area contributed by atoms with E-state index in [2.05, 4.69) is 11.1 Å². The van der Waals surface area contributed by atoms with Crippen LogP contribution >= 0.6 is 11.3 Å². The van der Waals surface area contributed by atoms with Crippen molar-refractivity contribution in [3.8, 4) is 10.6 Å². The van der Waals surface area contributed by atoms with Gasteiger partial charge in [0.25, 0.3) is 5.91 Å². The molecular formula is C22H22N4O3S. The molecule has 1 aromatic heterocycles. The summed E-state index contributed by atoms with van der Waals surface area (Å²) in [5, 5.41) is 0.943. The highest BCUT2D eigenvalue weighted by Crippen LogP contribution is 2.30. The van der Waals surface area contributed by atoms with Gasteiger partial charge < -0.3 is 20.3 Å². The van der Waals surface area contributed by atoms with Crippen LogP contribution in [0.15, 0.2) is 48.5 Å². The fourth-order valence-electron chi connectivity index (χ4n) is 3.81. The monoisotopic (exact) mass is 422 g/mol. The van der Waals surface area contributed by atoms with Crippen molar-refractivity contribution in [1.29, 1.82) is 0 Å². The predicted octanol–water partition coefficient (Wildman–Crippen LogP) is 1.98. The van der Waals surface area contributed by atoms with Crippen molar-refractivity contribution in [2.75, 3.05) is 39.4 Å². The Labute approximate surface area is 178 Å². The molecule has 7 nitrogen and oxygen atoms in total. The summed E-state index contributed by atoms with van der Waals surface area (Å²) in [6, 6.07) is 15.6. The van der Waals surface area contributed by atoms with E-state index in [4.69, 9.17) is 10.5 Å². The first-order chi connectivity index (χ1) is 14.5. The Morgan fingerprint density at radius 2 is 1.63 bits per heavy atom. The molecule has 2 aliphatic rings. The molecular weight excluding hydrogens is 400 g/mol. The number of piperazine rings is 1. The van der Waals surface area contributed by atoms with Crippen molar-refractivity contribution in [3.05, 3.63) is 54.1 Å². The number of hydrogen-bond donors (Lipinski definition) is 1. The van der Waals surface area contributed by atoms with Crippen molar-refractivity contribution < 1.29 is 14.3 Å². The lowest BCUT2D eigenvalue weighted by Gasteiger charge is -2.43. The maximum Gasteiger partial charge on any atom is 0.253 e. The summed E-state index contributed by atoms with van der Waals surface area (Å²) < 4.78 is 6.23. The molecule has 0 bridgehead atoms. The Balaban J connectivity index is 1.24. The summed E-state index contributed by atoms with van der Waals surface area (Å²) in [6.45, 7) is 2.53. The van der Waals surface area contributed by atoms with Crippen LogP contribution in [0.1, 0.15) is 10.4 Å². The molecule has 2 aromatic carbocycles. The first-order valence-electron chi connectivity index (χ1n) is 9.95. The second-order valence-electron chi connectivity index (χ2n) is 7.80. The highest BCUT2D eigenvalue weighted by Gasteiger charge is 2.45. The number of benzene rings is 2. The minimum absolute atomic E-state index is 0.0209. The third kappa shape index (κ3) is 3.36. The summed E-state index contributed by atoms with van der Waals surface area (Å²) >= 11 is 1.64. The van der Waals surface area contributed by atoms with Crippen LogP contribution in [0.25, 0.3) is 20.8 Å². The van der Waals surface area contributed by atoms with E-state index in [1.165, 1.54) is 0 Å². The van der Waals surface area contributed by atoms with Crippen molar-refractivity contribution >= 4 is 33.4 Å². The number of amides is 2. The number of hydrogen-bond acceptors (Lipinski definition) is 6. The van der Waals surface area contributed by atoms with Gasteiger partial charge in [0.05, 0.1) is 23.4 Å². The summed E-state index contributed by atoms with van der Waals surface area (Å²) in [5.41, 5.74) is 7.79. The Morgan fingerprint density at radius 3 is 2.27 bits per heavy atom. The lowest BCUT2D eigenvalue weighted by Crippen LogP contribution is -2.68. The van der Waals surface area contributed by atoms with Gasteiger partial charge in [-0.1, -0.05) is 24.3 Å². The van der Waals surface area contributed by atoms with Crippen molar-refractivity contribution in [2.45, 2.75) is 5.54 Å². The number of thiazole rings is 1.